The average molecular weight is 839 g/mol. The van der Waals surface area contributed by atoms with E-state index in [1.54, 1.807) is 0 Å². The lowest BCUT2D eigenvalue weighted by Gasteiger charge is -2.12. The van der Waals surface area contributed by atoms with Crippen LogP contribution in [0.3, 0.4) is 0 Å². The molecule has 0 saturated heterocycles. The smallest absolute Gasteiger partial charge is 0.164 e. The molecule has 0 atom stereocenters. The van der Waals surface area contributed by atoms with Gasteiger partial charge in [0.2, 0.25) is 0 Å². The third-order valence-corrected chi connectivity index (χ3v) is 14.5. The minimum atomic E-state index is 0.632. The molecule has 0 aliphatic rings. The molecule has 4 aromatic heterocycles. The van der Waals surface area contributed by atoms with E-state index in [0.29, 0.717) is 17.5 Å². The van der Waals surface area contributed by atoms with E-state index in [4.69, 9.17) is 15.0 Å². The van der Waals surface area contributed by atoms with Crippen LogP contribution in [0.2, 0.25) is 0 Å². The van der Waals surface area contributed by atoms with Crippen molar-refractivity contribution in [3.8, 4) is 62.1 Å². The second-order valence-electron chi connectivity index (χ2n) is 16.0. The summed E-state index contributed by atoms with van der Waals surface area (Å²) in [6.07, 6.45) is 0. The van der Waals surface area contributed by atoms with Gasteiger partial charge < -0.3 is 4.57 Å². The van der Waals surface area contributed by atoms with E-state index in [-0.39, 0.29) is 0 Å². The number of benzene rings is 9. The van der Waals surface area contributed by atoms with Crippen LogP contribution in [-0.4, -0.2) is 19.5 Å². The maximum Gasteiger partial charge on any atom is 0.164 e. The molecule has 0 bridgehead atoms. The fourth-order valence-electron chi connectivity index (χ4n) is 9.30. The zero-order valence-corrected chi connectivity index (χ0v) is 35.4. The fraction of sp³-hybridized carbons (Fsp3) is 0. The maximum absolute atomic E-state index is 5.33. The third kappa shape index (κ3) is 5.98. The normalized spacial score (nSPS) is 11.8. The number of hydrogen-bond donors (Lipinski definition) is 0. The SMILES string of the molecule is c1ccc(-c2cccc(-c3nc(-c4cccc(-c5ccccc5)c4)nc(-c4cccc5sc6ccc(-n7c8ccccc8c8cc9c(cc87)sc7ccccc79)cc6c45)n3)c2)cc1. The van der Waals surface area contributed by atoms with Crippen molar-refractivity contribution in [2.75, 3.05) is 0 Å². The summed E-state index contributed by atoms with van der Waals surface area (Å²) in [5.41, 5.74) is 10.9. The second-order valence-corrected chi connectivity index (χ2v) is 18.1. The lowest BCUT2D eigenvalue weighted by molar-refractivity contribution is 1.08. The van der Waals surface area contributed by atoms with Gasteiger partial charge in [-0.15, -0.1) is 22.7 Å². The maximum atomic E-state index is 5.33. The van der Waals surface area contributed by atoms with Crippen molar-refractivity contribution < 1.29 is 0 Å². The first-order valence-electron chi connectivity index (χ1n) is 21.1. The molecular formula is C57H34N4S2. The van der Waals surface area contributed by atoms with Crippen LogP contribution >= 0.6 is 22.7 Å². The van der Waals surface area contributed by atoms with Gasteiger partial charge in [-0.3, -0.25) is 0 Å². The summed E-state index contributed by atoms with van der Waals surface area (Å²) in [5, 5.41) is 7.45. The highest BCUT2D eigenvalue weighted by atomic mass is 32.1. The summed E-state index contributed by atoms with van der Waals surface area (Å²) in [5.74, 6) is 1.91. The highest BCUT2D eigenvalue weighted by Gasteiger charge is 2.20. The van der Waals surface area contributed by atoms with Crippen molar-refractivity contribution in [1.82, 2.24) is 19.5 Å². The standard InChI is InChI=1S/C57H34N4S2/c1-3-14-35(15-4-1)37-18-11-20-39(30-37)55-58-56(40-21-12-19-38(31-40)36-16-5-2-6-17-36)60-57(59-55)44-24-13-27-52-54(44)47-32-41(28-29-51(47)62-52)61-48-25-9-7-22-42(48)45-33-46-43-23-8-10-26-50(43)63-53(46)34-49(45)61/h1-34H. The Labute approximate surface area is 370 Å². The van der Waals surface area contributed by atoms with Crippen LogP contribution in [0.4, 0.5) is 0 Å². The van der Waals surface area contributed by atoms with Crippen LogP contribution in [0.25, 0.3) is 124 Å². The van der Waals surface area contributed by atoms with Crippen LogP contribution < -0.4 is 0 Å². The molecule has 9 aromatic carbocycles. The van der Waals surface area contributed by atoms with Crippen molar-refractivity contribution in [1.29, 1.82) is 0 Å². The quantitative estimate of drug-likeness (QED) is 0.168. The van der Waals surface area contributed by atoms with E-state index in [0.717, 1.165) is 50.0 Å². The summed E-state index contributed by atoms with van der Waals surface area (Å²) in [6.45, 7) is 0. The van der Waals surface area contributed by atoms with E-state index in [9.17, 15) is 0 Å². The van der Waals surface area contributed by atoms with Gasteiger partial charge in [-0.2, -0.15) is 0 Å². The average Bonchev–Trinajstić information content (AvgIpc) is 4.02. The van der Waals surface area contributed by atoms with Gasteiger partial charge in [-0.25, -0.2) is 15.0 Å². The molecule has 4 nitrogen and oxygen atoms in total. The molecule has 0 aliphatic carbocycles. The number of rotatable bonds is 6. The van der Waals surface area contributed by atoms with Crippen LogP contribution in [0, 0.1) is 0 Å². The molecule has 6 heteroatoms. The topological polar surface area (TPSA) is 43.6 Å². The highest BCUT2D eigenvalue weighted by molar-refractivity contribution is 7.26. The molecule has 4 heterocycles. The van der Waals surface area contributed by atoms with Gasteiger partial charge in [-0.05, 0) is 82.9 Å². The fourth-order valence-corrected chi connectivity index (χ4v) is 11.5. The lowest BCUT2D eigenvalue weighted by atomic mass is 10.0. The third-order valence-electron chi connectivity index (χ3n) is 12.2. The van der Waals surface area contributed by atoms with Crippen molar-refractivity contribution in [2.45, 2.75) is 0 Å². The zero-order chi connectivity index (χ0) is 41.4. The predicted octanol–water partition coefficient (Wildman–Crippen LogP) is 16.0. The Hall–Kier alpha value is -7.77. The Bertz CT molecular complexity index is 3820. The Kier molecular flexibility index (Phi) is 8.22. The molecule has 0 unspecified atom stereocenters. The number of nitrogens with zero attached hydrogens (tertiary/aromatic N) is 4. The van der Waals surface area contributed by atoms with E-state index < -0.39 is 0 Å². The van der Waals surface area contributed by atoms with Crippen molar-refractivity contribution in [3.63, 3.8) is 0 Å². The highest BCUT2D eigenvalue weighted by Crippen LogP contribution is 2.44. The first-order valence-corrected chi connectivity index (χ1v) is 22.7. The van der Waals surface area contributed by atoms with Crippen molar-refractivity contribution in [3.05, 3.63) is 206 Å². The van der Waals surface area contributed by atoms with Gasteiger partial charge >= 0.3 is 0 Å². The number of thiophene rings is 2. The summed E-state index contributed by atoms with van der Waals surface area (Å²) in [7, 11) is 0. The molecule has 294 valence electrons. The number of aromatic nitrogens is 4. The lowest BCUT2D eigenvalue weighted by Crippen LogP contribution is -2.01. The second kappa shape index (κ2) is 14.4. The summed E-state index contributed by atoms with van der Waals surface area (Å²) < 4.78 is 7.46. The van der Waals surface area contributed by atoms with E-state index in [1.807, 2.05) is 34.8 Å². The van der Waals surface area contributed by atoms with Gasteiger partial charge in [0.1, 0.15) is 0 Å². The van der Waals surface area contributed by atoms with Crippen molar-refractivity contribution >= 4 is 84.8 Å². The molecule has 0 amide bonds. The first-order chi connectivity index (χ1) is 31.2. The summed E-state index contributed by atoms with van der Waals surface area (Å²) in [6, 6.07) is 73.8. The molecule has 0 saturated carbocycles. The molecule has 13 rings (SSSR count). The Morgan fingerprint density at radius 2 is 0.857 bits per heavy atom. The monoisotopic (exact) mass is 838 g/mol. The molecule has 0 spiro atoms. The number of hydrogen-bond acceptors (Lipinski definition) is 5. The predicted molar refractivity (Wildman–Crippen MR) is 267 cm³/mol. The molecule has 0 fully saturated rings. The minimum Gasteiger partial charge on any atom is -0.309 e. The molecule has 63 heavy (non-hydrogen) atoms. The molecule has 0 N–H and O–H groups in total. The minimum absolute atomic E-state index is 0.632. The van der Waals surface area contributed by atoms with Crippen LogP contribution in [-0.2, 0) is 0 Å². The first kappa shape index (κ1) is 35.9. The van der Waals surface area contributed by atoms with Gasteiger partial charge in [0.05, 0.1) is 11.0 Å². The van der Waals surface area contributed by atoms with Gasteiger partial charge in [0.15, 0.2) is 17.5 Å². The molecule has 0 radical (unpaired) electrons. The summed E-state index contributed by atoms with van der Waals surface area (Å²) >= 11 is 3.67. The number of para-hydroxylation sites is 1. The van der Waals surface area contributed by atoms with Crippen molar-refractivity contribution in [2.24, 2.45) is 0 Å². The van der Waals surface area contributed by atoms with Crippen LogP contribution in [0.5, 0.6) is 0 Å². The van der Waals surface area contributed by atoms with Crippen LogP contribution in [0.15, 0.2) is 206 Å². The number of fused-ring (bicyclic) bond motifs is 9. The van der Waals surface area contributed by atoms with E-state index in [2.05, 4.69) is 199 Å². The zero-order valence-electron chi connectivity index (χ0n) is 33.7. The van der Waals surface area contributed by atoms with Gasteiger partial charge in [-0.1, -0.05) is 146 Å². The Balaban J connectivity index is 1.02. The molecular weight excluding hydrogens is 805 g/mol. The molecule has 13 aromatic rings. The Morgan fingerprint density at radius 3 is 1.59 bits per heavy atom. The van der Waals surface area contributed by atoms with E-state index in [1.165, 1.54) is 56.8 Å². The van der Waals surface area contributed by atoms with Gasteiger partial charge in [0.25, 0.3) is 0 Å². The molecule has 0 aliphatic heterocycles. The Morgan fingerprint density at radius 1 is 0.302 bits per heavy atom. The van der Waals surface area contributed by atoms with E-state index >= 15 is 0 Å². The summed E-state index contributed by atoms with van der Waals surface area (Å²) in [4.78, 5) is 15.9. The largest absolute Gasteiger partial charge is 0.309 e. The van der Waals surface area contributed by atoms with Gasteiger partial charge in [0, 0.05) is 73.5 Å². The van der Waals surface area contributed by atoms with Crippen LogP contribution in [0.1, 0.15) is 0 Å².